The molecule has 4 heteroatoms. The van der Waals surface area contributed by atoms with Crippen molar-refractivity contribution in [3.63, 3.8) is 0 Å². The molecule has 0 bridgehead atoms. The number of nitrogens with two attached hydrogens (primary N) is 2. The Labute approximate surface area is 104 Å². The third kappa shape index (κ3) is 2.62. The predicted molar refractivity (Wildman–Crippen MR) is 70.8 cm³/mol. The SMILES string of the molecule is Nc1cccc(Sc2ccc(N)cc2Cl)c1. The molecule has 82 valence electrons. The van der Waals surface area contributed by atoms with Crippen LogP contribution in [0, 0.1) is 0 Å². The van der Waals surface area contributed by atoms with E-state index in [1.54, 1.807) is 17.8 Å². The van der Waals surface area contributed by atoms with Crippen LogP contribution in [0.2, 0.25) is 5.02 Å². The molecule has 2 aromatic rings. The van der Waals surface area contributed by atoms with Crippen LogP contribution in [-0.2, 0) is 0 Å². The van der Waals surface area contributed by atoms with Gasteiger partial charge in [-0.3, -0.25) is 0 Å². The van der Waals surface area contributed by atoms with Crippen LogP contribution < -0.4 is 11.5 Å². The minimum Gasteiger partial charge on any atom is -0.399 e. The van der Waals surface area contributed by atoms with E-state index in [2.05, 4.69) is 0 Å². The molecule has 0 aliphatic rings. The van der Waals surface area contributed by atoms with Gasteiger partial charge in [-0.05, 0) is 36.4 Å². The number of rotatable bonds is 2. The third-order valence-electron chi connectivity index (χ3n) is 2.04. The van der Waals surface area contributed by atoms with Gasteiger partial charge in [0.2, 0.25) is 0 Å². The maximum Gasteiger partial charge on any atom is 0.0565 e. The van der Waals surface area contributed by atoms with Gasteiger partial charge in [0, 0.05) is 21.2 Å². The van der Waals surface area contributed by atoms with Crippen molar-refractivity contribution in [1.82, 2.24) is 0 Å². The summed E-state index contributed by atoms with van der Waals surface area (Å²) in [4.78, 5) is 2.04. The molecule has 0 saturated carbocycles. The van der Waals surface area contributed by atoms with E-state index in [1.807, 2.05) is 36.4 Å². The lowest BCUT2D eigenvalue weighted by Gasteiger charge is -2.05. The summed E-state index contributed by atoms with van der Waals surface area (Å²) >= 11 is 7.66. The highest BCUT2D eigenvalue weighted by Crippen LogP contribution is 2.34. The fraction of sp³-hybridized carbons (Fsp3) is 0. The molecule has 0 aliphatic carbocycles. The number of nitrogen functional groups attached to an aromatic ring is 2. The van der Waals surface area contributed by atoms with Crippen molar-refractivity contribution in [3.05, 3.63) is 47.5 Å². The molecule has 0 fully saturated rings. The Morgan fingerprint density at radius 3 is 2.38 bits per heavy atom. The van der Waals surface area contributed by atoms with Crippen molar-refractivity contribution >= 4 is 34.7 Å². The van der Waals surface area contributed by atoms with E-state index in [0.717, 1.165) is 15.5 Å². The fourth-order valence-electron chi connectivity index (χ4n) is 1.30. The Morgan fingerprint density at radius 1 is 0.938 bits per heavy atom. The standard InChI is InChI=1S/C12H11ClN2S/c13-11-7-9(15)4-5-12(11)16-10-3-1-2-8(14)6-10/h1-7H,14-15H2. The lowest BCUT2D eigenvalue weighted by molar-refractivity contribution is 1.41. The van der Waals surface area contributed by atoms with Crippen molar-refractivity contribution < 1.29 is 0 Å². The van der Waals surface area contributed by atoms with Gasteiger partial charge < -0.3 is 11.5 Å². The Hall–Kier alpha value is -1.32. The fourth-order valence-corrected chi connectivity index (χ4v) is 2.50. The van der Waals surface area contributed by atoms with Crippen LogP contribution in [0.25, 0.3) is 0 Å². The van der Waals surface area contributed by atoms with Gasteiger partial charge in [-0.25, -0.2) is 0 Å². The molecule has 2 aromatic carbocycles. The van der Waals surface area contributed by atoms with Crippen LogP contribution in [0.4, 0.5) is 11.4 Å². The van der Waals surface area contributed by atoms with Crippen molar-refractivity contribution in [2.45, 2.75) is 9.79 Å². The van der Waals surface area contributed by atoms with Crippen molar-refractivity contribution in [2.75, 3.05) is 11.5 Å². The minimum atomic E-state index is 0.660. The normalized spacial score (nSPS) is 10.3. The van der Waals surface area contributed by atoms with Gasteiger partial charge in [0.15, 0.2) is 0 Å². The van der Waals surface area contributed by atoms with Crippen molar-refractivity contribution in [3.8, 4) is 0 Å². The molecule has 0 unspecified atom stereocenters. The van der Waals surface area contributed by atoms with E-state index in [1.165, 1.54) is 0 Å². The third-order valence-corrected chi connectivity index (χ3v) is 3.53. The van der Waals surface area contributed by atoms with E-state index in [4.69, 9.17) is 23.1 Å². The summed E-state index contributed by atoms with van der Waals surface area (Å²) in [5.41, 5.74) is 12.8. The van der Waals surface area contributed by atoms with Gasteiger partial charge in [0.1, 0.15) is 0 Å². The zero-order chi connectivity index (χ0) is 11.5. The number of hydrogen-bond donors (Lipinski definition) is 2. The first-order valence-corrected chi connectivity index (χ1v) is 5.93. The average molecular weight is 251 g/mol. The molecule has 0 atom stereocenters. The summed E-state index contributed by atoms with van der Waals surface area (Å²) in [7, 11) is 0. The molecule has 2 nitrogen and oxygen atoms in total. The molecule has 2 rings (SSSR count). The second-order valence-corrected chi connectivity index (χ2v) is 4.89. The highest BCUT2D eigenvalue weighted by Gasteiger charge is 2.03. The molecule has 16 heavy (non-hydrogen) atoms. The minimum absolute atomic E-state index is 0.660. The monoisotopic (exact) mass is 250 g/mol. The lowest BCUT2D eigenvalue weighted by atomic mass is 10.3. The number of anilines is 2. The second kappa shape index (κ2) is 4.68. The van der Waals surface area contributed by atoms with Crippen molar-refractivity contribution in [1.29, 1.82) is 0 Å². The molecule has 0 spiro atoms. The molecular formula is C12H11ClN2S. The number of benzene rings is 2. The highest BCUT2D eigenvalue weighted by atomic mass is 35.5. The zero-order valence-electron chi connectivity index (χ0n) is 8.48. The van der Waals surface area contributed by atoms with E-state index >= 15 is 0 Å². The summed E-state index contributed by atoms with van der Waals surface area (Å²) in [5, 5.41) is 0.660. The van der Waals surface area contributed by atoms with Crippen LogP contribution in [0.15, 0.2) is 52.3 Å². The summed E-state index contributed by atoms with van der Waals surface area (Å²) in [6.07, 6.45) is 0. The van der Waals surface area contributed by atoms with Crippen LogP contribution in [-0.4, -0.2) is 0 Å². The molecule has 0 aliphatic heterocycles. The number of halogens is 1. The van der Waals surface area contributed by atoms with Gasteiger partial charge in [0.05, 0.1) is 5.02 Å². The van der Waals surface area contributed by atoms with E-state index in [-0.39, 0.29) is 0 Å². The van der Waals surface area contributed by atoms with Gasteiger partial charge in [-0.2, -0.15) is 0 Å². The molecule has 0 aromatic heterocycles. The highest BCUT2D eigenvalue weighted by molar-refractivity contribution is 7.99. The van der Waals surface area contributed by atoms with Gasteiger partial charge >= 0.3 is 0 Å². The maximum atomic E-state index is 6.09. The smallest absolute Gasteiger partial charge is 0.0565 e. The predicted octanol–water partition coefficient (Wildman–Crippen LogP) is 3.66. The molecule has 0 amide bonds. The Balaban J connectivity index is 2.27. The quantitative estimate of drug-likeness (QED) is 0.800. The van der Waals surface area contributed by atoms with Gasteiger partial charge in [-0.15, -0.1) is 0 Å². The summed E-state index contributed by atoms with van der Waals surface area (Å²) in [5.74, 6) is 0. The van der Waals surface area contributed by atoms with Gasteiger partial charge in [-0.1, -0.05) is 29.4 Å². The zero-order valence-corrected chi connectivity index (χ0v) is 10.1. The number of hydrogen-bond acceptors (Lipinski definition) is 3. The van der Waals surface area contributed by atoms with E-state index < -0.39 is 0 Å². The Kier molecular flexibility index (Phi) is 3.27. The Bertz CT molecular complexity index is 514. The summed E-state index contributed by atoms with van der Waals surface area (Å²) < 4.78 is 0. The van der Waals surface area contributed by atoms with Crippen LogP contribution in [0.3, 0.4) is 0 Å². The van der Waals surface area contributed by atoms with E-state index in [9.17, 15) is 0 Å². The molecule has 0 heterocycles. The Morgan fingerprint density at radius 2 is 1.69 bits per heavy atom. The molecule has 0 saturated heterocycles. The summed E-state index contributed by atoms with van der Waals surface area (Å²) in [6, 6.07) is 13.2. The molecule has 0 radical (unpaired) electrons. The average Bonchev–Trinajstić information content (AvgIpc) is 2.22. The molecular weight excluding hydrogens is 240 g/mol. The van der Waals surface area contributed by atoms with Crippen LogP contribution >= 0.6 is 23.4 Å². The maximum absolute atomic E-state index is 6.09. The topological polar surface area (TPSA) is 52.0 Å². The molecule has 4 N–H and O–H groups in total. The van der Waals surface area contributed by atoms with Crippen LogP contribution in [0.1, 0.15) is 0 Å². The first-order valence-electron chi connectivity index (χ1n) is 4.73. The first kappa shape index (κ1) is 11.2. The van der Waals surface area contributed by atoms with E-state index in [0.29, 0.717) is 10.7 Å². The second-order valence-electron chi connectivity index (χ2n) is 3.36. The summed E-state index contributed by atoms with van der Waals surface area (Å²) in [6.45, 7) is 0. The van der Waals surface area contributed by atoms with Gasteiger partial charge in [0.25, 0.3) is 0 Å². The van der Waals surface area contributed by atoms with Crippen LogP contribution in [0.5, 0.6) is 0 Å². The lowest BCUT2D eigenvalue weighted by Crippen LogP contribution is -1.86. The first-order chi connectivity index (χ1) is 7.65. The largest absolute Gasteiger partial charge is 0.399 e. The van der Waals surface area contributed by atoms with Crippen molar-refractivity contribution in [2.24, 2.45) is 0 Å².